The van der Waals surface area contributed by atoms with Gasteiger partial charge >= 0.3 is 11.7 Å². The van der Waals surface area contributed by atoms with Crippen LogP contribution in [0.5, 0.6) is 0 Å². The summed E-state index contributed by atoms with van der Waals surface area (Å²) in [7, 11) is 0. The Bertz CT molecular complexity index is 469. The van der Waals surface area contributed by atoms with Crippen molar-refractivity contribution in [1.29, 1.82) is 0 Å². The van der Waals surface area contributed by atoms with Gasteiger partial charge in [0.1, 0.15) is 6.04 Å². The van der Waals surface area contributed by atoms with Gasteiger partial charge in [-0.15, -0.1) is 0 Å². The average molecular weight is 285 g/mol. The number of hydrogen-bond donors (Lipinski definition) is 2. The largest absolute Gasteiger partial charge is 0.480 e. The maximum absolute atomic E-state index is 11.1. The third kappa shape index (κ3) is 4.18. The Hall–Kier alpha value is -1.67. The number of carboxylic acid groups (broad SMARTS) is 1. The van der Waals surface area contributed by atoms with Crippen molar-refractivity contribution in [3.05, 3.63) is 28.4 Å². The number of aromatic nitrogens is 1. The highest BCUT2D eigenvalue weighted by Gasteiger charge is 2.25. The number of pyridine rings is 1. The van der Waals surface area contributed by atoms with Crippen LogP contribution in [0.2, 0.25) is 0 Å². The Labute approximate surface area is 114 Å². The van der Waals surface area contributed by atoms with E-state index in [1.807, 2.05) is 6.92 Å². The molecule has 1 aromatic heterocycles. The lowest BCUT2D eigenvalue weighted by atomic mass is 10.0. The average Bonchev–Trinajstić information content (AvgIpc) is 2.38. The minimum atomic E-state index is -0.986. The monoisotopic (exact) mass is 285 g/mol. The molecule has 0 aliphatic heterocycles. The number of carbonyl (C=O) groups is 1. The Morgan fingerprint density at radius 2 is 2.37 bits per heavy atom. The smallest absolute Gasteiger partial charge is 0.321 e. The van der Waals surface area contributed by atoms with Crippen molar-refractivity contribution in [2.75, 3.05) is 0 Å². The fourth-order valence-electron chi connectivity index (χ4n) is 1.36. The van der Waals surface area contributed by atoms with E-state index < -0.39 is 16.9 Å². The van der Waals surface area contributed by atoms with E-state index in [0.29, 0.717) is 6.42 Å². The third-order valence-corrected chi connectivity index (χ3v) is 3.59. The van der Waals surface area contributed by atoms with Crippen LogP contribution in [0.3, 0.4) is 0 Å². The summed E-state index contributed by atoms with van der Waals surface area (Å²) in [6, 6.07) is 2.01. The maximum atomic E-state index is 11.1. The Balaban J connectivity index is 2.80. The molecule has 2 atom stereocenters. The topological polar surface area (TPSA) is 105 Å². The van der Waals surface area contributed by atoms with Crippen molar-refractivity contribution in [2.45, 2.75) is 31.3 Å². The predicted molar refractivity (Wildman–Crippen MR) is 70.8 cm³/mol. The number of carboxylic acids is 1. The van der Waals surface area contributed by atoms with Gasteiger partial charge in [-0.2, -0.15) is 0 Å². The van der Waals surface area contributed by atoms with Crippen molar-refractivity contribution in [3.63, 3.8) is 0 Å². The van der Waals surface area contributed by atoms with Crippen LogP contribution in [-0.2, 0) is 4.79 Å². The van der Waals surface area contributed by atoms with E-state index in [-0.39, 0.29) is 16.6 Å². The van der Waals surface area contributed by atoms with Crippen LogP contribution in [0.1, 0.15) is 20.3 Å². The summed E-state index contributed by atoms with van der Waals surface area (Å²) in [6.07, 6.45) is 2.12. The van der Waals surface area contributed by atoms with E-state index in [0.717, 1.165) is 11.9 Å². The molecule has 0 bridgehead atoms. The molecule has 0 amide bonds. The zero-order valence-electron chi connectivity index (χ0n) is 10.6. The highest BCUT2D eigenvalue weighted by Crippen LogP contribution is 2.25. The molecule has 0 saturated carbocycles. The third-order valence-electron chi connectivity index (χ3n) is 2.71. The zero-order chi connectivity index (χ0) is 14.4. The first kappa shape index (κ1) is 15.4. The van der Waals surface area contributed by atoms with Gasteiger partial charge in [-0.25, -0.2) is 9.71 Å². The zero-order valence-corrected chi connectivity index (χ0v) is 11.4. The highest BCUT2D eigenvalue weighted by atomic mass is 32.2. The van der Waals surface area contributed by atoms with Crippen LogP contribution in [0.4, 0.5) is 5.69 Å². The van der Waals surface area contributed by atoms with Crippen LogP contribution in [0, 0.1) is 16.0 Å². The first-order chi connectivity index (χ1) is 8.97. The standard InChI is InChI=1S/C11H15N3O4S/c1-3-7(2)9(11(15)16)13-19-10-8(14(17)18)5-4-6-12-10/h4-7,9,13H,3H2,1-2H3,(H,15,16)/t7-,9-/m0/s1. The first-order valence-corrected chi connectivity index (χ1v) is 6.53. The van der Waals surface area contributed by atoms with E-state index in [2.05, 4.69) is 9.71 Å². The Kier molecular flexibility index (Phi) is 5.71. The van der Waals surface area contributed by atoms with Crippen LogP contribution < -0.4 is 4.72 Å². The summed E-state index contributed by atoms with van der Waals surface area (Å²) >= 11 is 0.872. The lowest BCUT2D eigenvalue weighted by molar-refractivity contribution is -0.388. The summed E-state index contributed by atoms with van der Waals surface area (Å²) in [5, 5.41) is 20.1. The number of nitrogens with zero attached hydrogens (tertiary/aromatic N) is 2. The fraction of sp³-hybridized carbons (Fsp3) is 0.455. The van der Waals surface area contributed by atoms with E-state index >= 15 is 0 Å². The number of nitrogens with one attached hydrogen (secondary N) is 1. The van der Waals surface area contributed by atoms with Gasteiger partial charge in [0.2, 0.25) is 0 Å². The minimum Gasteiger partial charge on any atom is -0.480 e. The van der Waals surface area contributed by atoms with Gasteiger partial charge < -0.3 is 5.11 Å². The second kappa shape index (κ2) is 7.05. The van der Waals surface area contributed by atoms with Gasteiger partial charge in [0, 0.05) is 12.3 Å². The molecule has 0 unspecified atom stereocenters. The molecule has 0 radical (unpaired) electrons. The van der Waals surface area contributed by atoms with Gasteiger partial charge in [-0.1, -0.05) is 20.3 Å². The van der Waals surface area contributed by atoms with E-state index in [9.17, 15) is 14.9 Å². The number of aliphatic carboxylic acids is 1. The molecule has 0 aliphatic rings. The van der Waals surface area contributed by atoms with E-state index in [1.165, 1.54) is 18.3 Å². The van der Waals surface area contributed by atoms with Gasteiger partial charge in [-0.3, -0.25) is 14.9 Å². The number of nitro groups is 1. The fourth-order valence-corrected chi connectivity index (χ4v) is 2.30. The second-order valence-electron chi connectivity index (χ2n) is 4.01. The first-order valence-electron chi connectivity index (χ1n) is 5.72. The summed E-state index contributed by atoms with van der Waals surface area (Å²) in [6.45, 7) is 3.69. The molecule has 0 fully saturated rings. The van der Waals surface area contributed by atoms with Crippen molar-refractivity contribution in [3.8, 4) is 0 Å². The van der Waals surface area contributed by atoms with Crippen LogP contribution >= 0.6 is 11.9 Å². The molecule has 1 aromatic rings. The molecule has 8 heteroatoms. The van der Waals surface area contributed by atoms with Gasteiger partial charge in [0.05, 0.1) is 4.92 Å². The minimum absolute atomic E-state index is 0.0900. The molecule has 0 spiro atoms. The predicted octanol–water partition coefficient (Wildman–Crippen LogP) is 2.09. The maximum Gasteiger partial charge on any atom is 0.321 e. The molecule has 2 N–H and O–H groups in total. The van der Waals surface area contributed by atoms with Gasteiger partial charge in [-0.05, 0) is 23.9 Å². The molecule has 0 aromatic carbocycles. The van der Waals surface area contributed by atoms with Crippen LogP contribution in [0.15, 0.2) is 23.4 Å². The van der Waals surface area contributed by atoms with Crippen molar-refractivity contribution >= 4 is 23.6 Å². The Morgan fingerprint density at radius 3 is 2.89 bits per heavy atom. The molecule has 19 heavy (non-hydrogen) atoms. The quantitative estimate of drug-likeness (QED) is 0.449. The highest BCUT2D eigenvalue weighted by molar-refractivity contribution is 7.97. The van der Waals surface area contributed by atoms with Crippen molar-refractivity contribution < 1.29 is 14.8 Å². The molecule has 0 saturated heterocycles. The SMILES string of the molecule is CC[C@H](C)[C@H](NSc1ncccc1[N+](=O)[O-])C(=O)O. The molecular formula is C11H15N3O4S. The summed E-state index contributed by atoms with van der Waals surface area (Å²) in [5.41, 5.74) is -0.145. The van der Waals surface area contributed by atoms with E-state index in [1.54, 1.807) is 6.92 Å². The summed E-state index contributed by atoms with van der Waals surface area (Å²) in [4.78, 5) is 25.2. The number of rotatable bonds is 7. The molecule has 0 aliphatic carbocycles. The second-order valence-corrected chi connectivity index (χ2v) is 4.83. The number of hydrogen-bond acceptors (Lipinski definition) is 6. The van der Waals surface area contributed by atoms with Gasteiger partial charge in [0.15, 0.2) is 5.03 Å². The Morgan fingerprint density at radius 1 is 1.68 bits per heavy atom. The lowest BCUT2D eigenvalue weighted by Crippen LogP contribution is -2.38. The molecular weight excluding hydrogens is 270 g/mol. The molecule has 104 valence electrons. The van der Waals surface area contributed by atoms with Crippen molar-refractivity contribution in [1.82, 2.24) is 9.71 Å². The summed E-state index contributed by atoms with van der Waals surface area (Å²) in [5.74, 6) is -1.08. The van der Waals surface area contributed by atoms with E-state index in [4.69, 9.17) is 5.11 Å². The molecule has 1 heterocycles. The lowest BCUT2D eigenvalue weighted by Gasteiger charge is -2.18. The van der Waals surface area contributed by atoms with Gasteiger partial charge in [0.25, 0.3) is 0 Å². The molecule has 1 rings (SSSR count). The van der Waals surface area contributed by atoms with Crippen molar-refractivity contribution in [2.24, 2.45) is 5.92 Å². The molecule has 7 nitrogen and oxygen atoms in total. The summed E-state index contributed by atoms with van der Waals surface area (Å²) < 4.78 is 2.73. The van der Waals surface area contributed by atoms with Crippen LogP contribution in [-0.4, -0.2) is 27.0 Å². The van der Waals surface area contributed by atoms with Crippen LogP contribution in [0.25, 0.3) is 0 Å². The normalized spacial score (nSPS) is 13.8.